The van der Waals surface area contributed by atoms with Gasteiger partial charge in [-0.05, 0) is 17.7 Å². The van der Waals surface area contributed by atoms with Gasteiger partial charge in [0.2, 0.25) is 23.6 Å². The summed E-state index contributed by atoms with van der Waals surface area (Å²) < 4.78 is 0. The van der Waals surface area contributed by atoms with Crippen LogP contribution in [0.4, 0.5) is 0 Å². The molecular formula is C15H20N4O6. The first-order chi connectivity index (χ1) is 11.7. The van der Waals surface area contributed by atoms with Gasteiger partial charge in [0.25, 0.3) is 0 Å². The minimum absolute atomic E-state index is 0.0386. The zero-order valence-corrected chi connectivity index (χ0v) is 13.3. The van der Waals surface area contributed by atoms with E-state index in [4.69, 9.17) is 16.6 Å². The Morgan fingerprint density at radius 1 is 1.00 bits per heavy atom. The van der Waals surface area contributed by atoms with Crippen molar-refractivity contribution >= 4 is 23.6 Å². The van der Waals surface area contributed by atoms with Gasteiger partial charge in [0, 0.05) is 6.42 Å². The Balaban J connectivity index is 2.83. The monoisotopic (exact) mass is 352 g/mol. The van der Waals surface area contributed by atoms with E-state index in [0.29, 0.717) is 5.56 Å². The number of nitrogens with two attached hydrogens (primary N) is 2. The number of phenolic OH excluding ortho intramolecular Hbond substituents is 1. The third-order valence-electron chi connectivity index (χ3n) is 3.24. The number of rotatable bonds is 9. The van der Waals surface area contributed by atoms with Crippen molar-refractivity contribution in [1.82, 2.24) is 10.6 Å². The number of amides is 4. The summed E-state index contributed by atoms with van der Waals surface area (Å²) in [4.78, 5) is 46.1. The van der Waals surface area contributed by atoms with Crippen LogP contribution < -0.4 is 22.1 Å². The van der Waals surface area contributed by atoms with Gasteiger partial charge in [-0.3, -0.25) is 19.2 Å². The van der Waals surface area contributed by atoms with Gasteiger partial charge in [-0.15, -0.1) is 0 Å². The fourth-order valence-corrected chi connectivity index (χ4v) is 2.01. The summed E-state index contributed by atoms with van der Waals surface area (Å²) in [5, 5.41) is 22.4. The lowest BCUT2D eigenvalue weighted by Crippen LogP contribution is -2.54. The van der Waals surface area contributed by atoms with Crippen LogP contribution in [0, 0.1) is 0 Å². The second kappa shape index (κ2) is 9.23. The van der Waals surface area contributed by atoms with Crippen molar-refractivity contribution in [3.05, 3.63) is 29.8 Å². The third-order valence-corrected chi connectivity index (χ3v) is 3.24. The lowest BCUT2D eigenvalue weighted by Gasteiger charge is -2.21. The molecule has 0 aliphatic rings. The van der Waals surface area contributed by atoms with Crippen molar-refractivity contribution < 1.29 is 29.4 Å². The molecule has 10 heteroatoms. The maximum absolute atomic E-state index is 12.2. The van der Waals surface area contributed by atoms with Crippen LogP contribution in [0.1, 0.15) is 12.0 Å². The molecule has 1 aromatic rings. The van der Waals surface area contributed by atoms with Gasteiger partial charge >= 0.3 is 0 Å². The molecule has 4 amide bonds. The number of aromatic hydroxyl groups is 1. The van der Waals surface area contributed by atoms with E-state index >= 15 is 0 Å². The van der Waals surface area contributed by atoms with E-state index < -0.39 is 48.7 Å². The van der Waals surface area contributed by atoms with Gasteiger partial charge < -0.3 is 32.3 Å². The highest BCUT2D eigenvalue weighted by atomic mass is 16.3. The Hall–Kier alpha value is -3.14. The van der Waals surface area contributed by atoms with Crippen molar-refractivity contribution in [3.63, 3.8) is 0 Å². The minimum atomic E-state index is -1.35. The largest absolute Gasteiger partial charge is 0.508 e. The number of nitrogens with one attached hydrogen (secondary N) is 2. The van der Waals surface area contributed by atoms with E-state index in [0.717, 1.165) is 0 Å². The molecule has 0 spiro atoms. The van der Waals surface area contributed by atoms with Gasteiger partial charge in [-0.25, -0.2) is 0 Å². The molecule has 0 heterocycles. The molecular weight excluding hydrogens is 332 g/mol. The highest BCUT2D eigenvalue weighted by molar-refractivity contribution is 5.94. The average molecular weight is 352 g/mol. The fourth-order valence-electron chi connectivity index (χ4n) is 2.01. The lowest BCUT2D eigenvalue weighted by atomic mass is 10.0. The Labute approximate surface area is 143 Å². The molecule has 0 aromatic heterocycles. The topological polar surface area (TPSA) is 185 Å². The molecule has 0 fully saturated rings. The number of hydrogen-bond donors (Lipinski definition) is 6. The first-order valence-electron chi connectivity index (χ1n) is 7.29. The van der Waals surface area contributed by atoms with Crippen LogP contribution in [0.3, 0.4) is 0 Å². The van der Waals surface area contributed by atoms with Crippen molar-refractivity contribution in [2.45, 2.75) is 24.9 Å². The van der Waals surface area contributed by atoms with Gasteiger partial charge in [0.05, 0.1) is 6.42 Å². The zero-order chi connectivity index (χ0) is 19.0. The summed E-state index contributed by atoms with van der Waals surface area (Å²) >= 11 is 0. The molecule has 0 saturated carbocycles. The van der Waals surface area contributed by atoms with Crippen molar-refractivity contribution in [1.29, 1.82) is 0 Å². The summed E-state index contributed by atoms with van der Waals surface area (Å²) in [5.74, 6) is -3.37. The molecule has 0 unspecified atom stereocenters. The maximum atomic E-state index is 12.2. The molecule has 0 aliphatic heterocycles. The van der Waals surface area contributed by atoms with Gasteiger partial charge in [-0.2, -0.15) is 0 Å². The molecule has 0 radical (unpaired) electrons. The number of phenols is 1. The van der Waals surface area contributed by atoms with Crippen LogP contribution in [-0.4, -0.2) is 52.5 Å². The molecule has 1 rings (SSSR count). The highest BCUT2D eigenvalue weighted by Gasteiger charge is 2.27. The molecule has 0 saturated heterocycles. The summed E-state index contributed by atoms with van der Waals surface area (Å²) in [6, 6.07) is 3.45. The second-order valence-corrected chi connectivity index (χ2v) is 5.28. The van der Waals surface area contributed by atoms with Crippen LogP contribution in [-0.2, 0) is 25.6 Å². The second-order valence-electron chi connectivity index (χ2n) is 5.28. The van der Waals surface area contributed by atoms with Crippen LogP contribution in [0.15, 0.2) is 24.3 Å². The van der Waals surface area contributed by atoms with E-state index in [-0.39, 0.29) is 12.2 Å². The number of carbonyl (C=O) groups excluding carboxylic acids is 4. The number of aliphatic hydroxyl groups is 1. The summed E-state index contributed by atoms with van der Waals surface area (Å²) in [6.07, 6.45) is -0.471. The first kappa shape index (κ1) is 19.9. The highest BCUT2D eigenvalue weighted by Crippen LogP contribution is 2.11. The molecule has 2 atom stereocenters. The standard InChI is InChI=1S/C15H20N4O6/c16-12(22)6-11(18-13(23)7-20)15(25)19-10(14(17)24)5-8-1-3-9(21)4-2-8/h1-4,10-11,20-21H,5-7H2,(H2,16,22)(H2,17,24)(H,18,23)(H,19,25)/t10-,11-/m0/s1. The Kier molecular flexibility index (Phi) is 7.35. The van der Waals surface area contributed by atoms with Crippen molar-refractivity contribution in [3.8, 4) is 5.75 Å². The van der Waals surface area contributed by atoms with Crippen molar-refractivity contribution in [2.24, 2.45) is 11.5 Å². The lowest BCUT2D eigenvalue weighted by molar-refractivity contribution is -0.133. The predicted molar refractivity (Wildman–Crippen MR) is 85.8 cm³/mol. The number of hydrogen-bond acceptors (Lipinski definition) is 6. The molecule has 10 nitrogen and oxygen atoms in total. The third kappa shape index (κ3) is 6.87. The Morgan fingerprint density at radius 2 is 1.60 bits per heavy atom. The number of benzene rings is 1. The van der Waals surface area contributed by atoms with Gasteiger partial charge in [0.1, 0.15) is 24.4 Å². The van der Waals surface area contributed by atoms with Crippen LogP contribution in [0.25, 0.3) is 0 Å². The van der Waals surface area contributed by atoms with Gasteiger partial charge in [0.15, 0.2) is 0 Å². The molecule has 25 heavy (non-hydrogen) atoms. The van der Waals surface area contributed by atoms with E-state index in [1.54, 1.807) is 12.1 Å². The van der Waals surface area contributed by atoms with E-state index in [2.05, 4.69) is 10.6 Å². The zero-order valence-electron chi connectivity index (χ0n) is 13.3. The molecule has 0 bridgehead atoms. The van der Waals surface area contributed by atoms with Crippen LogP contribution in [0.2, 0.25) is 0 Å². The molecule has 136 valence electrons. The normalized spacial score (nSPS) is 12.7. The average Bonchev–Trinajstić information content (AvgIpc) is 2.54. The van der Waals surface area contributed by atoms with Gasteiger partial charge in [-0.1, -0.05) is 12.1 Å². The summed E-state index contributed by atoms with van der Waals surface area (Å²) in [7, 11) is 0. The van der Waals surface area contributed by atoms with E-state index in [9.17, 15) is 24.3 Å². The number of aliphatic hydroxyl groups excluding tert-OH is 1. The first-order valence-corrected chi connectivity index (χ1v) is 7.29. The predicted octanol–water partition coefficient (Wildman–Crippen LogP) is -2.74. The number of primary amides is 2. The Morgan fingerprint density at radius 3 is 2.08 bits per heavy atom. The van der Waals surface area contributed by atoms with E-state index in [1.807, 2.05) is 0 Å². The van der Waals surface area contributed by atoms with Crippen molar-refractivity contribution in [2.75, 3.05) is 6.61 Å². The smallest absolute Gasteiger partial charge is 0.246 e. The minimum Gasteiger partial charge on any atom is -0.508 e. The van der Waals surface area contributed by atoms with Crippen LogP contribution >= 0.6 is 0 Å². The van der Waals surface area contributed by atoms with E-state index in [1.165, 1.54) is 12.1 Å². The quantitative estimate of drug-likeness (QED) is 0.280. The molecule has 0 aliphatic carbocycles. The number of carbonyl (C=O) groups is 4. The SMILES string of the molecule is NC(=O)C[C@H](NC(=O)CO)C(=O)N[C@@H](Cc1ccc(O)cc1)C(N)=O. The van der Waals surface area contributed by atoms with Crippen LogP contribution in [0.5, 0.6) is 5.75 Å². The molecule has 1 aromatic carbocycles. The summed E-state index contributed by atoms with van der Waals surface area (Å²) in [5.41, 5.74) is 10.9. The maximum Gasteiger partial charge on any atom is 0.246 e. The summed E-state index contributed by atoms with van der Waals surface area (Å²) in [6.45, 7) is -0.880. The fraction of sp³-hybridized carbons (Fsp3) is 0.333. The Bertz CT molecular complexity index is 646. The molecule has 8 N–H and O–H groups in total.